The number of amides is 1. The SMILES string of the molecule is CCCCCCCC(=O)Nc1c(N)cc(C)cc1Br. The summed E-state index contributed by atoms with van der Waals surface area (Å²) in [4.78, 5) is 11.8. The van der Waals surface area contributed by atoms with Crippen LogP contribution in [0.2, 0.25) is 0 Å². The lowest BCUT2D eigenvalue weighted by Gasteiger charge is -2.11. The average molecular weight is 327 g/mol. The molecule has 0 aromatic heterocycles. The van der Waals surface area contributed by atoms with E-state index < -0.39 is 0 Å². The van der Waals surface area contributed by atoms with Crippen LogP contribution in [0.5, 0.6) is 0 Å². The monoisotopic (exact) mass is 326 g/mol. The Hall–Kier alpha value is -1.03. The van der Waals surface area contributed by atoms with Crippen LogP contribution in [0.1, 0.15) is 51.0 Å². The number of hydrogen-bond donors (Lipinski definition) is 2. The molecule has 3 nitrogen and oxygen atoms in total. The maximum absolute atomic E-state index is 11.8. The maximum Gasteiger partial charge on any atom is 0.224 e. The van der Waals surface area contributed by atoms with Gasteiger partial charge in [0.05, 0.1) is 11.4 Å². The van der Waals surface area contributed by atoms with Crippen LogP contribution in [0.4, 0.5) is 11.4 Å². The van der Waals surface area contributed by atoms with Crippen LogP contribution in [0.25, 0.3) is 0 Å². The molecule has 0 bridgehead atoms. The first-order valence-electron chi connectivity index (χ1n) is 6.90. The molecule has 0 spiro atoms. The molecular weight excluding hydrogens is 304 g/mol. The summed E-state index contributed by atoms with van der Waals surface area (Å²) < 4.78 is 0.837. The highest BCUT2D eigenvalue weighted by Gasteiger charge is 2.09. The molecule has 0 saturated carbocycles. The number of carbonyl (C=O) groups is 1. The van der Waals surface area contributed by atoms with Gasteiger partial charge in [0.1, 0.15) is 0 Å². The minimum absolute atomic E-state index is 0.0350. The van der Waals surface area contributed by atoms with Gasteiger partial charge in [-0.1, -0.05) is 32.6 Å². The lowest BCUT2D eigenvalue weighted by atomic mass is 10.1. The Balaban J connectivity index is 2.44. The van der Waals surface area contributed by atoms with Gasteiger partial charge in [-0.25, -0.2) is 0 Å². The van der Waals surface area contributed by atoms with Crippen molar-refractivity contribution in [3.8, 4) is 0 Å². The molecular formula is C15H23BrN2O. The second-order valence-electron chi connectivity index (χ2n) is 4.92. The van der Waals surface area contributed by atoms with E-state index in [0.29, 0.717) is 17.8 Å². The minimum Gasteiger partial charge on any atom is -0.397 e. The van der Waals surface area contributed by atoms with E-state index in [1.165, 1.54) is 19.3 Å². The zero-order valence-electron chi connectivity index (χ0n) is 11.8. The Morgan fingerprint density at radius 1 is 1.26 bits per heavy atom. The molecule has 1 rings (SSSR count). The van der Waals surface area contributed by atoms with Crippen LogP contribution in [-0.4, -0.2) is 5.91 Å². The van der Waals surface area contributed by atoms with Crippen LogP contribution in [0.15, 0.2) is 16.6 Å². The average Bonchev–Trinajstić information content (AvgIpc) is 2.33. The zero-order chi connectivity index (χ0) is 14.3. The summed E-state index contributed by atoms with van der Waals surface area (Å²) in [6, 6.07) is 3.81. The van der Waals surface area contributed by atoms with Gasteiger partial charge in [-0.15, -0.1) is 0 Å². The molecule has 0 atom stereocenters. The van der Waals surface area contributed by atoms with Gasteiger partial charge in [0.2, 0.25) is 5.91 Å². The van der Waals surface area contributed by atoms with Crippen molar-refractivity contribution in [1.29, 1.82) is 0 Å². The molecule has 0 unspecified atom stereocenters. The summed E-state index contributed by atoms with van der Waals surface area (Å²) in [6.07, 6.45) is 6.29. The second kappa shape index (κ2) is 8.20. The first kappa shape index (κ1) is 16.0. The number of rotatable bonds is 7. The van der Waals surface area contributed by atoms with E-state index in [1.807, 2.05) is 19.1 Å². The van der Waals surface area contributed by atoms with E-state index >= 15 is 0 Å². The Bertz CT molecular complexity index is 409. The molecule has 0 fully saturated rings. The Kier molecular flexibility index (Phi) is 6.92. The number of unbranched alkanes of at least 4 members (excludes halogenated alkanes) is 4. The van der Waals surface area contributed by atoms with Gasteiger partial charge in [0.15, 0.2) is 0 Å². The molecule has 19 heavy (non-hydrogen) atoms. The minimum atomic E-state index is 0.0350. The van der Waals surface area contributed by atoms with Crippen LogP contribution >= 0.6 is 15.9 Å². The predicted octanol–water partition coefficient (Wildman–Crippen LogP) is 4.64. The van der Waals surface area contributed by atoms with Crippen molar-refractivity contribution >= 4 is 33.2 Å². The van der Waals surface area contributed by atoms with Gasteiger partial charge < -0.3 is 11.1 Å². The van der Waals surface area contributed by atoms with Gasteiger partial charge in [-0.3, -0.25) is 4.79 Å². The molecule has 1 aromatic rings. The van der Waals surface area contributed by atoms with Crippen LogP contribution in [-0.2, 0) is 4.79 Å². The third-order valence-electron chi connectivity index (χ3n) is 3.04. The number of anilines is 2. The van der Waals surface area contributed by atoms with Crippen molar-refractivity contribution in [2.24, 2.45) is 0 Å². The topological polar surface area (TPSA) is 55.1 Å². The van der Waals surface area contributed by atoms with Crippen molar-refractivity contribution in [3.05, 3.63) is 22.2 Å². The number of aryl methyl sites for hydroxylation is 1. The van der Waals surface area contributed by atoms with Crippen molar-refractivity contribution in [3.63, 3.8) is 0 Å². The van der Waals surface area contributed by atoms with E-state index in [1.54, 1.807) is 0 Å². The largest absolute Gasteiger partial charge is 0.397 e. The zero-order valence-corrected chi connectivity index (χ0v) is 13.3. The van der Waals surface area contributed by atoms with Crippen molar-refractivity contribution in [1.82, 2.24) is 0 Å². The second-order valence-corrected chi connectivity index (χ2v) is 5.78. The van der Waals surface area contributed by atoms with Crippen molar-refractivity contribution < 1.29 is 4.79 Å². The standard InChI is InChI=1S/C15H23BrN2O/c1-3-4-5-6-7-8-14(19)18-15-12(16)9-11(2)10-13(15)17/h9-10H,3-8,17H2,1-2H3,(H,18,19). The molecule has 0 radical (unpaired) electrons. The Labute approximate surface area is 124 Å². The summed E-state index contributed by atoms with van der Waals surface area (Å²) in [5, 5.41) is 2.89. The van der Waals surface area contributed by atoms with Gasteiger partial charge in [-0.05, 0) is 47.0 Å². The number of hydrogen-bond acceptors (Lipinski definition) is 2. The van der Waals surface area contributed by atoms with E-state index in [4.69, 9.17) is 5.73 Å². The molecule has 0 aliphatic heterocycles. The molecule has 1 aromatic carbocycles. The normalized spacial score (nSPS) is 10.5. The molecule has 0 heterocycles. The summed E-state index contributed by atoms with van der Waals surface area (Å²) in [7, 11) is 0. The summed E-state index contributed by atoms with van der Waals surface area (Å²) >= 11 is 3.43. The van der Waals surface area contributed by atoms with E-state index in [0.717, 1.165) is 22.9 Å². The lowest BCUT2D eigenvalue weighted by molar-refractivity contribution is -0.116. The molecule has 3 N–H and O–H groups in total. The van der Waals surface area contributed by atoms with Gasteiger partial charge >= 0.3 is 0 Å². The lowest BCUT2D eigenvalue weighted by Crippen LogP contribution is -2.13. The fourth-order valence-corrected chi connectivity index (χ4v) is 2.68. The van der Waals surface area contributed by atoms with Gasteiger partial charge in [0, 0.05) is 10.9 Å². The first-order valence-corrected chi connectivity index (χ1v) is 7.69. The van der Waals surface area contributed by atoms with E-state index in [-0.39, 0.29) is 5.91 Å². The maximum atomic E-state index is 11.8. The molecule has 0 aliphatic rings. The summed E-state index contributed by atoms with van der Waals surface area (Å²) in [5.41, 5.74) is 8.28. The fourth-order valence-electron chi connectivity index (χ4n) is 1.99. The van der Waals surface area contributed by atoms with E-state index in [2.05, 4.69) is 28.2 Å². The molecule has 0 saturated heterocycles. The van der Waals surface area contributed by atoms with Crippen LogP contribution in [0.3, 0.4) is 0 Å². The number of benzene rings is 1. The molecule has 0 aliphatic carbocycles. The highest BCUT2D eigenvalue weighted by Crippen LogP contribution is 2.30. The summed E-state index contributed by atoms with van der Waals surface area (Å²) in [5.74, 6) is 0.0350. The van der Waals surface area contributed by atoms with Crippen LogP contribution in [0, 0.1) is 6.92 Å². The number of nitrogen functional groups attached to an aromatic ring is 1. The Morgan fingerprint density at radius 2 is 1.95 bits per heavy atom. The van der Waals surface area contributed by atoms with Crippen LogP contribution < -0.4 is 11.1 Å². The highest BCUT2D eigenvalue weighted by molar-refractivity contribution is 9.10. The molecule has 106 valence electrons. The molecule has 4 heteroatoms. The Morgan fingerprint density at radius 3 is 2.58 bits per heavy atom. The predicted molar refractivity (Wildman–Crippen MR) is 85.3 cm³/mol. The highest BCUT2D eigenvalue weighted by atomic mass is 79.9. The number of carbonyl (C=O) groups excluding carboxylic acids is 1. The fraction of sp³-hybridized carbons (Fsp3) is 0.533. The van der Waals surface area contributed by atoms with Gasteiger partial charge in [-0.2, -0.15) is 0 Å². The first-order chi connectivity index (χ1) is 9.04. The third kappa shape index (κ3) is 5.64. The smallest absolute Gasteiger partial charge is 0.224 e. The molecule has 1 amide bonds. The quantitative estimate of drug-likeness (QED) is 0.566. The number of halogens is 1. The van der Waals surface area contributed by atoms with E-state index in [9.17, 15) is 4.79 Å². The van der Waals surface area contributed by atoms with Crippen molar-refractivity contribution in [2.45, 2.75) is 52.4 Å². The number of nitrogens with one attached hydrogen (secondary N) is 1. The van der Waals surface area contributed by atoms with Crippen molar-refractivity contribution in [2.75, 3.05) is 11.1 Å². The number of nitrogens with two attached hydrogens (primary N) is 1. The summed E-state index contributed by atoms with van der Waals surface area (Å²) in [6.45, 7) is 4.16. The third-order valence-corrected chi connectivity index (χ3v) is 3.66. The van der Waals surface area contributed by atoms with Gasteiger partial charge in [0.25, 0.3) is 0 Å².